The van der Waals surface area contributed by atoms with Gasteiger partial charge in [0.2, 0.25) is 0 Å². The van der Waals surface area contributed by atoms with Gasteiger partial charge in [-0.1, -0.05) is 0 Å². The van der Waals surface area contributed by atoms with Gasteiger partial charge in [0.15, 0.2) is 0 Å². The van der Waals surface area contributed by atoms with Gasteiger partial charge in [-0.15, -0.1) is 0 Å². The Morgan fingerprint density at radius 3 is 1.43 bits per heavy atom. The molecule has 0 saturated carbocycles. The van der Waals surface area contributed by atoms with Crippen molar-refractivity contribution >= 4 is 49.7 Å². The van der Waals surface area contributed by atoms with Crippen LogP contribution in [0.3, 0.4) is 0 Å². The van der Waals surface area contributed by atoms with E-state index < -0.39 is 18.4 Å². The molecule has 0 saturated heterocycles. The summed E-state index contributed by atoms with van der Waals surface area (Å²) in [7, 11) is 3.43. The Morgan fingerprint density at radius 2 is 1.00 bits per heavy atom. The van der Waals surface area contributed by atoms with Crippen LogP contribution < -0.4 is 17.3 Å². The predicted molar refractivity (Wildman–Crippen MR) is 210 cm³/mol. The van der Waals surface area contributed by atoms with E-state index >= 15 is 0 Å². The zero-order valence-corrected chi connectivity index (χ0v) is 33.7. The van der Waals surface area contributed by atoms with E-state index in [1.807, 2.05) is 27.2 Å². The summed E-state index contributed by atoms with van der Waals surface area (Å²) in [5, 5.41) is 0. The van der Waals surface area contributed by atoms with E-state index in [4.69, 9.17) is 9.47 Å². The SMILES string of the molecule is CCCCCCc1cc(-c2ccc(N(c3ccc(OC)cc3)c3ccc(OC)cc3)cc2)s[c]1[Sn]([CH2]CCC)([CH2]CCC)[CH2]CCC. The van der Waals surface area contributed by atoms with Gasteiger partial charge >= 0.3 is 273 Å². The van der Waals surface area contributed by atoms with Crippen LogP contribution in [0.25, 0.3) is 10.4 Å². The number of thiophene rings is 1. The van der Waals surface area contributed by atoms with Gasteiger partial charge in [0.25, 0.3) is 0 Å². The molecule has 0 bridgehead atoms. The Balaban J connectivity index is 1.75. The zero-order chi connectivity index (χ0) is 33.5. The normalized spacial score (nSPS) is 11.5. The third-order valence-corrected chi connectivity index (χ3v) is 29.4. The summed E-state index contributed by atoms with van der Waals surface area (Å²) >= 11 is -0.380. The molecular formula is C42H59NO2SSn. The molecular weight excluding hydrogens is 701 g/mol. The minimum absolute atomic E-state index is 0.857. The predicted octanol–water partition coefficient (Wildman–Crippen LogP) is 13.1. The third-order valence-electron chi connectivity index (χ3n) is 9.69. The van der Waals surface area contributed by atoms with Crippen LogP contribution in [0.15, 0.2) is 78.9 Å². The standard InChI is InChI=1S/C30H32NO2S.3C4H9.Sn/c1-4-5-6-7-8-23-21-30(34-22-23)24-9-11-25(12-10-24)31(26-13-17-28(32-2)18-14-26)27-15-19-29(33-3)20-16-27;3*1-3-4-2;/h9-21H,4-8H2,1-3H3;3*1,3-4H2,2H3;. The van der Waals surface area contributed by atoms with Crippen LogP contribution in [0.2, 0.25) is 13.3 Å². The van der Waals surface area contributed by atoms with E-state index in [1.165, 1.54) is 94.4 Å². The van der Waals surface area contributed by atoms with Crippen molar-refractivity contribution in [2.75, 3.05) is 19.1 Å². The van der Waals surface area contributed by atoms with Gasteiger partial charge in [0.1, 0.15) is 0 Å². The number of hydrogen-bond donors (Lipinski definition) is 0. The van der Waals surface area contributed by atoms with Crippen LogP contribution in [0, 0.1) is 0 Å². The van der Waals surface area contributed by atoms with Crippen molar-refractivity contribution in [2.24, 2.45) is 0 Å². The summed E-state index contributed by atoms with van der Waals surface area (Å²) in [4.78, 5) is 3.78. The molecule has 0 unspecified atom stereocenters. The van der Waals surface area contributed by atoms with Crippen LogP contribution in [-0.2, 0) is 6.42 Å². The van der Waals surface area contributed by atoms with Crippen molar-refractivity contribution in [1.29, 1.82) is 0 Å². The van der Waals surface area contributed by atoms with Gasteiger partial charge in [-0.05, 0) is 0 Å². The number of unbranched alkanes of at least 4 members (excludes halogenated alkanes) is 6. The van der Waals surface area contributed by atoms with Gasteiger partial charge in [0.05, 0.1) is 14.2 Å². The fourth-order valence-corrected chi connectivity index (χ4v) is 28.3. The summed E-state index contributed by atoms with van der Waals surface area (Å²) in [6.07, 6.45) is 14.8. The molecule has 0 amide bonds. The molecule has 1 aromatic heterocycles. The van der Waals surface area contributed by atoms with Crippen molar-refractivity contribution in [1.82, 2.24) is 0 Å². The van der Waals surface area contributed by atoms with Gasteiger partial charge in [0, 0.05) is 0 Å². The van der Waals surface area contributed by atoms with Crippen molar-refractivity contribution in [3.8, 4) is 21.9 Å². The first-order valence-electron chi connectivity index (χ1n) is 18.3. The fraction of sp³-hybridized carbons (Fsp3) is 0.476. The van der Waals surface area contributed by atoms with Crippen LogP contribution >= 0.6 is 11.3 Å². The molecule has 4 aromatic rings. The first-order chi connectivity index (χ1) is 23.0. The Bertz CT molecular complexity index is 1380. The molecule has 47 heavy (non-hydrogen) atoms. The number of anilines is 3. The summed E-state index contributed by atoms with van der Waals surface area (Å²) in [6.45, 7) is 9.50. The van der Waals surface area contributed by atoms with Crippen molar-refractivity contribution in [3.63, 3.8) is 0 Å². The maximum atomic E-state index is 5.46. The molecule has 3 aromatic carbocycles. The zero-order valence-electron chi connectivity index (χ0n) is 30.1. The van der Waals surface area contributed by atoms with Gasteiger partial charge < -0.3 is 9.47 Å². The maximum absolute atomic E-state index is 5.46. The Labute approximate surface area is 294 Å². The third kappa shape index (κ3) is 10.0. The molecule has 1 heterocycles. The molecule has 0 fully saturated rings. The molecule has 0 atom stereocenters. The summed E-state index contributed by atoms with van der Waals surface area (Å²) in [5.74, 6) is 1.71. The Kier molecular flexibility index (Phi) is 15.5. The number of ether oxygens (including phenoxy) is 2. The second-order valence-corrected chi connectivity index (χ2v) is 28.2. The molecule has 0 radical (unpaired) electrons. The summed E-state index contributed by atoms with van der Waals surface area (Å²) in [5.41, 5.74) is 6.41. The first kappa shape index (κ1) is 37.4. The van der Waals surface area contributed by atoms with Crippen molar-refractivity contribution < 1.29 is 9.47 Å². The fourth-order valence-electron chi connectivity index (χ4n) is 6.89. The van der Waals surface area contributed by atoms with E-state index in [-0.39, 0.29) is 0 Å². The van der Waals surface area contributed by atoms with Crippen molar-refractivity contribution in [2.45, 2.75) is 112 Å². The van der Waals surface area contributed by atoms with E-state index in [1.54, 1.807) is 19.8 Å². The molecule has 0 aliphatic carbocycles. The Hall–Kier alpha value is -2.44. The second-order valence-electron chi connectivity index (χ2n) is 13.1. The molecule has 5 heteroatoms. The number of benzene rings is 3. The van der Waals surface area contributed by atoms with E-state index in [9.17, 15) is 0 Å². The molecule has 0 N–H and O–H groups in total. The average molecular weight is 761 g/mol. The van der Waals surface area contributed by atoms with E-state index in [2.05, 4.69) is 98.5 Å². The first-order valence-corrected chi connectivity index (χ1v) is 26.6. The minimum atomic E-state index is -2.58. The van der Waals surface area contributed by atoms with Crippen LogP contribution in [0.1, 0.15) is 97.5 Å². The molecule has 3 nitrogen and oxygen atoms in total. The van der Waals surface area contributed by atoms with Crippen LogP contribution in [0.4, 0.5) is 17.1 Å². The quantitative estimate of drug-likeness (QED) is 0.0624. The summed E-state index contributed by atoms with van der Waals surface area (Å²) in [6, 6.07) is 28.6. The Morgan fingerprint density at radius 1 is 0.553 bits per heavy atom. The molecule has 0 aliphatic rings. The number of methoxy groups -OCH3 is 2. The van der Waals surface area contributed by atoms with E-state index in [0.717, 1.165) is 28.6 Å². The monoisotopic (exact) mass is 761 g/mol. The van der Waals surface area contributed by atoms with Gasteiger partial charge in [-0.2, -0.15) is 0 Å². The number of rotatable bonds is 21. The molecule has 0 spiro atoms. The average Bonchev–Trinajstić information content (AvgIpc) is 3.56. The number of nitrogens with zero attached hydrogens (tertiary/aromatic N) is 1. The van der Waals surface area contributed by atoms with Crippen LogP contribution in [-0.4, -0.2) is 32.6 Å². The van der Waals surface area contributed by atoms with Crippen LogP contribution in [0.5, 0.6) is 11.5 Å². The van der Waals surface area contributed by atoms with Gasteiger partial charge in [-0.3, -0.25) is 0 Å². The molecule has 0 aliphatic heterocycles. The topological polar surface area (TPSA) is 21.7 Å². The second kappa shape index (κ2) is 19.5. The summed E-state index contributed by atoms with van der Waals surface area (Å²) < 4.78 is 17.4. The number of hydrogen-bond acceptors (Lipinski definition) is 4. The van der Waals surface area contributed by atoms with E-state index in [0.29, 0.717) is 0 Å². The van der Waals surface area contributed by atoms with Crippen molar-refractivity contribution in [3.05, 3.63) is 84.4 Å². The number of aryl methyl sites for hydroxylation is 1. The van der Waals surface area contributed by atoms with Gasteiger partial charge in [-0.25, -0.2) is 0 Å². The molecule has 4 rings (SSSR count). The molecule has 254 valence electrons.